The minimum absolute atomic E-state index is 0.859. The number of furan rings is 2. The van der Waals surface area contributed by atoms with Gasteiger partial charge in [0.25, 0.3) is 0 Å². The number of benzene rings is 9. The summed E-state index contributed by atoms with van der Waals surface area (Å²) in [5.41, 5.74) is 13.6. The quantitative estimate of drug-likeness (QED) is 0.173. The SMILES string of the molecule is c1cc(-c2ccc(N(c3ccc(-c4ccc5oc6ccccc6c5c4)cc3)c3cccc4c3oc3ccccc34)cc2)cc(-c2ccc3ccccc3c2)c1. The van der Waals surface area contributed by atoms with Gasteiger partial charge in [-0.1, -0.05) is 133 Å². The highest BCUT2D eigenvalue weighted by Crippen LogP contribution is 2.43. The molecule has 2 heterocycles. The molecule has 3 heteroatoms. The zero-order valence-electron chi connectivity index (χ0n) is 29.8. The van der Waals surface area contributed by atoms with E-state index in [4.69, 9.17) is 8.83 Å². The Morgan fingerprint density at radius 2 is 0.800 bits per heavy atom. The summed E-state index contributed by atoms with van der Waals surface area (Å²) in [6.07, 6.45) is 0. The van der Waals surface area contributed by atoms with Gasteiger partial charge in [0.2, 0.25) is 0 Å². The van der Waals surface area contributed by atoms with Crippen molar-refractivity contribution in [3.05, 3.63) is 200 Å². The summed E-state index contributed by atoms with van der Waals surface area (Å²) in [6, 6.07) is 71.1. The van der Waals surface area contributed by atoms with E-state index in [1.165, 1.54) is 27.5 Å². The summed E-state index contributed by atoms with van der Waals surface area (Å²) in [4.78, 5) is 2.30. The molecule has 0 atom stereocenters. The first-order chi connectivity index (χ1) is 27.2. The average Bonchev–Trinajstić information content (AvgIpc) is 3.83. The van der Waals surface area contributed by atoms with Gasteiger partial charge in [0.15, 0.2) is 5.58 Å². The molecule has 3 nitrogen and oxygen atoms in total. The van der Waals surface area contributed by atoms with Gasteiger partial charge in [-0.25, -0.2) is 0 Å². The molecule has 258 valence electrons. The van der Waals surface area contributed by atoms with E-state index >= 15 is 0 Å². The van der Waals surface area contributed by atoms with E-state index in [1.54, 1.807) is 0 Å². The molecule has 0 bridgehead atoms. The first-order valence-corrected chi connectivity index (χ1v) is 18.7. The van der Waals surface area contributed by atoms with Crippen LogP contribution in [0.1, 0.15) is 0 Å². The molecule has 0 amide bonds. The zero-order valence-corrected chi connectivity index (χ0v) is 29.8. The average molecular weight is 704 g/mol. The van der Waals surface area contributed by atoms with Crippen LogP contribution in [0.25, 0.3) is 88.0 Å². The predicted molar refractivity (Wildman–Crippen MR) is 229 cm³/mol. The largest absolute Gasteiger partial charge is 0.456 e. The van der Waals surface area contributed by atoms with Crippen molar-refractivity contribution in [2.75, 3.05) is 4.90 Å². The molecule has 0 radical (unpaired) electrons. The van der Waals surface area contributed by atoms with Crippen LogP contribution in [0.3, 0.4) is 0 Å². The standard InChI is InChI=1S/C52H33NO2/c1-2-10-37-32-40(20-19-34(37)9-1)39-12-7-11-38(31-39)35-21-26-42(27-22-35)53(48-16-8-15-46-44-13-3-6-18-50(44)55-52(46)48)43-28-23-36(24-29-43)41-25-30-51-47(33-41)45-14-4-5-17-49(45)54-51/h1-33H. The fourth-order valence-corrected chi connectivity index (χ4v) is 8.09. The Balaban J connectivity index is 0.994. The minimum Gasteiger partial charge on any atom is -0.456 e. The summed E-state index contributed by atoms with van der Waals surface area (Å²) in [5.74, 6) is 0. The molecule has 11 rings (SSSR count). The second kappa shape index (κ2) is 12.6. The lowest BCUT2D eigenvalue weighted by molar-refractivity contribution is 0.668. The monoisotopic (exact) mass is 703 g/mol. The van der Waals surface area contributed by atoms with Crippen molar-refractivity contribution in [2.24, 2.45) is 0 Å². The molecule has 0 N–H and O–H groups in total. The van der Waals surface area contributed by atoms with Gasteiger partial charge in [-0.15, -0.1) is 0 Å². The third kappa shape index (κ3) is 5.36. The highest BCUT2D eigenvalue weighted by Gasteiger charge is 2.20. The minimum atomic E-state index is 0.859. The molecule has 0 saturated heterocycles. The molecule has 0 aliphatic carbocycles. The predicted octanol–water partition coefficient (Wildman–Crippen LogP) is 15.1. The Hall–Kier alpha value is -7.36. The third-order valence-electron chi connectivity index (χ3n) is 10.9. The molecule has 0 spiro atoms. The molecule has 0 unspecified atom stereocenters. The van der Waals surface area contributed by atoms with E-state index in [-0.39, 0.29) is 0 Å². The van der Waals surface area contributed by atoms with Crippen molar-refractivity contribution < 1.29 is 8.83 Å². The van der Waals surface area contributed by atoms with Crippen LogP contribution in [0.2, 0.25) is 0 Å². The molecular weight excluding hydrogens is 671 g/mol. The summed E-state index contributed by atoms with van der Waals surface area (Å²) >= 11 is 0. The van der Waals surface area contributed by atoms with Crippen LogP contribution in [-0.2, 0) is 0 Å². The fraction of sp³-hybridized carbons (Fsp3) is 0. The van der Waals surface area contributed by atoms with Crippen molar-refractivity contribution in [1.29, 1.82) is 0 Å². The van der Waals surface area contributed by atoms with Gasteiger partial charge in [0.05, 0.1) is 5.69 Å². The van der Waals surface area contributed by atoms with Crippen molar-refractivity contribution in [2.45, 2.75) is 0 Å². The van der Waals surface area contributed by atoms with Crippen molar-refractivity contribution in [3.8, 4) is 33.4 Å². The van der Waals surface area contributed by atoms with Gasteiger partial charge in [0.1, 0.15) is 16.7 Å². The second-order valence-electron chi connectivity index (χ2n) is 14.1. The maximum atomic E-state index is 6.59. The lowest BCUT2D eigenvalue weighted by atomic mass is 9.97. The molecule has 9 aromatic carbocycles. The van der Waals surface area contributed by atoms with E-state index in [9.17, 15) is 0 Å². The Morgan fingerprint density at radius 1 is 0.291 bits per heavy atom. The van der Waals surface area contributed by atoms with Gasteiger partial charge >= 0.3 is 0 Å². The lowest BCUT2D eigenvalue weighted by Crippen LogP contribution is -2.10. The number of fused-ring (bicyclic) bond motifs is 7. The Morgan fingerprint density at radius 3 is 1.55 bits per heavy atom. The fourth-order valence-electron chi connectivity index (χ4n) is 8.09. The molecular formula is C52H33NO2. The zero-order chi connectivity index (χ0) is 36.3. The summed E-state index contributed by atoms with van der Waals surface area (Å²) in [5, 5.41) is 6.95. The third-order valence-corrected chi connectivity index (χ3v) is 10.9. The Bertz CT molecular complexity index is 3200. The highest BCUT2D eigenvalue weighted by atomic mass is 16.3. The topological polar surface area (TPSA) is 29.5 Å². The Kier molecular flexibility index (Phi) is 7.17. The van der Waals surface area contributed by atoms with Crippen LogP contribution in [0.5, 0.6) is 0 Å². The molecule has 55 heavy (non-hydrogen) atoms. The van der Waals surface area contributed by atoms with Crippen LogP contribution >= 0.6 is 0 Å². The van der Waals surface area contributed by atoms with Gasteiger partial charge in [-0.3, -0.25) is 0 Å². The van der Waals surface area contributed by atoms with Crippen LogP contribution in [0.15, 0.2) is 209 Å². The maximum Gasteiger partial charge on any atom is 0.159 e. The van der Waals surface area contributed by atoms with Crippen LogP contribution in [0.4, 0.5) is 17.1 Å². The van der Waals surface area contributed by atoms with Crippen LogP contribution in [0, 0.1) is 0 Å². The van der Waals surface area contributed by atoms with E-state index < -0.39 is 0 Å². The van der Waals surface area contributed by atoms with Gasteiger partial charge in [-0.05, 0) is 111 Å². The number of hydrogen-bond donors (Lipinski definition) is 0. The summed E-state index contributed by atoms with van der Waals surface area (Å²) < 4.78 is 12.7. The van der Waals surface area contributed by atoms with E-state index in [0.717, 1.165) is 77.6 Å². The number of para-hydroxylation sites is 3. The second-order valence-corrected chi connectivity index (χ2v) is 14.1. The number of nitrogens with zero attached hydrogens (tertiary/aromatic N) is 1. The van der Waals surface area contributed by atoms with E-state index in [2.05, 4.69) is 181 Å². The maximum absolute atomic E-state index is 6.59. The van der Waals surface area contributed by atoms with Crippen LogP contribution in [-0.4, -0.2) is 0 Å². The molecule has 0 saturated carbocycles. The van der Waals surface area contributed by atoms with E-state index in [0.29, 0.717) is 0 Å². The number of hydrogen-bond acceptors (Lipinski definition) is 3. The van der Waals surface area contributed by atoms with Crippen molar-refractivity contribution in [3.63, 3.8) is 0 Å². The molecule has 2 aromatic heterocycles. The Labute approximate surface area is 317 Å². The summed E-state index contributed by atoms with van der Waals surface area (Å²) in [6.45, 7) is 0. The number of rotatable bonds is 6. The van der Waals surface area contributed by atoms with Crippen molar-refractivity contribution in [1.82, 2.24) is 0 Å². The molecule has 11 aromatic rings. The normalized spacial score (nSPS) is 11.6. The highest BCUT2D eigenvalue weighted by molar-refractivity contribution is 6.10. The van der Waals surface area contributed by atoms with Crippen molar-refractivity contribution >= 4 is 71.7 Å². The van der Waals surface area contributed by atoms with Gasteiger partial charge < -0.3 is 13.7 Å². The summed E-state index contributed by atoms with van der Waals surface area (Å²) in [7, 11) is 0. The molecule has 0 aliphatic heterocycles. The van der Waals surface area contributed by atoms with E-state index in [1.807, 2.05) is 24.3 Å². The lowest BCUT2D eigenvalue weighted by Gasteiger charge is -2.26. The smallest absolute Gasteiger partial charge is 0.159 e. The molecule has 0 fully saturated rings. The first kappa shape index (κ1) is 31.2. The first-order valence-electron chi connectivity index (χ1n) is 18.7. The number of anilines is 3. The van der Waals surface area contributed by atoms with Crippen LogP contribution < -0.4 is 4.90 Å². The van der Waals surface area contributed by atoms with Gasteiger partial charge in [-0.2, -0.15) is 0 Å². The molecule has 0 aliphatic rings. The van der Waals surface area contributed by atoms with Gasteiger partial charge in [0, 0.05) is 32.9 Å².